The number of β-amino-alcohol motifs (C(OH)–C–C–N with tert-alkyl or cyclic N) is 1. The molecule has 2 heterocycles. The third kappa shape index (κ3) is 2.56. The molecule has 2 unspecified atom stereocenters. The highest BCUT2D eigenvalue weighted by Crippen LogP contribution is 2.10. The lowest BCUT2D eigenvalue weighted by atomic mass is 10.2. The molecule has 3 N–H and O–H groups in total. The zero-order valence-electron chi connectivity index (χ0n) is 9.10. The largest absolute Gasteiger partial charge is 0.392 e. The van der Waals surface area contributed by atoms with Crippen LogP contribution < -0.4 is 10.6 Å². The second-order valence-electron chi connectivity index (χ2n) is 4.06. The van der Waals surface area contributed by atoms with Gasteiger partial charge in [0.2, 0.25) is 5.91 Å². The molecule has 2 atom stereocenters. The normalized spacial score (nSPS) is 24.4. The van der Waals surface area contributed by atoms with E-state index in [-0.39, 0.29) is 11.9 Å². The number of nitrogens with one attached hydrogen (secondary N) is 2. The number of carbonyl (C=O) groups is 1. The number of aliphatic hydroxyl groups excluding tert-OH is 1. The molecule has 0 spiro atoms. The molecule has 1 fully saturated rings. The quantitative estimate of drug-likeness (QED) is 0.659. The molecule has 1 amide bonds. The number of aryl methyl sites for hydroxylation is 1. The van der Waals surface area contributed by atoms with Gasteiger partial charge in [0.25, 0.3) is 0 Å². The molecule has 16 heavy (non-hydrogen) atoms. The Morgan fingerprint density at radius 2 is 2.44 bits per heavy atom. The van der Waals surface area contributed by atoms with E-state index in [4.69, 9.17) is 0 Å². The Labute approximate surface area is 93.9 Å². The summed E-state index contributed by atoms with van der Waals surface area (Å²) in [7, 11) is 0. The van der Waals surface area contributed by atoms with E-state index < -0.39 is 6.10 Å². The third-order valence-corrected chi connectivity index (χ3v) is 2.59. The molecular formula is C11H15N3O2. The minimum absolute atomic E-state index is 0.145. The lowest BCUT2D eigenvalue weighted by Gasteiger charge is -2.10. The summed E-state index contributed by atoms with van der Waals surface area (Å²) in [4.78, 5) is 15.8. The molecule has 1 saturated heterocycles. The van der Waals surface area contributed by atoms with Gasteiger partial charge in [-0.25, -0.2) is 4.98 Å². The Bertz CT molecular complexity index is 377. The van der Waals surface area contributed by atoms with Gasteiger partial charge in [-0.2, -0.15) is 0 Å². The minimum atomic E-state index is -0.429. The fraction of sp³-hybridized carbons (Fsp3) is 0.455. The number of carbonyl (C=O) groups excluding carboxylic acids is 1. The van der Waals surface area contributed by atoms with Gasteiger partial charge in [0.15, 0.2) is 0 Å². The Kier molecular flexibility index (Phi) is 3.17. The Hall–Kier alpha value is -1.46. The number of aliphatic hydroxyl groups is 1. The highest BCUT2D eigenvalue weighted by molar-refractivity contribution is 5.94. The van der Waals surface area contributed by atoms with Crippen molar-refractivity contribution in [1.29, 1.82) is 0 Å². The molecule has 2 rings (SSSR count). The molecular weight excluding hydrogens is 206 g/mol. The predicted molar refractivity (Wildman–Crippen MR) is 60.0 cm³/mol. The van der Waals surface area contributed by atoms with Gasteiger partial charge in [-0.15, -0.1) is 0 Å². The van der Waals surface area contributed by atoms with E-state index in [0.29, 0.717) is 18.8 Å². The van der Waals surface area contributed by atoms with E-state index >= 15 is 0 Å². The highest BCUT2D eigenvalue weighted by atomic mass is 16.3. The summed E-state index contributed by atoms with van der Waals surface area (Å²) in [6.07, 6.45) is 1.73. The summed E-state index contributed by atoms with van der Waals surface area (Å²) in [5.74, 6) is 0.395. The molecule has 1 aliphatic heterocycles. The van der Waals surface area contributed by atoms with Crippen molar-refractivity contribution in [3.63, 3.8) is 0 Å². The van der Waals surface area contributed by atoms with Crippen LogP contribution in [0.2, 0.25) is 0 Å². The topological polar surface area (TPSA) is 74.2 Å². The number of amides is 1. The van der Waals surface area contributed by atoms with Crippen LogP contribution in [0.15, 0.2) is 18.3 Å². The smallest absolute Gasteiger partial charge is 0.242 e. The van der Waals surface area contributed by atoms with Crippen molar-refractivity contribution in [2.75, 3.05) is 11.9 Å². The number of hydrogen-bond acceptors (Lipinski definition) is 4. The molecule has 5 heteroatoms. The molecule has 1 aromatic rings. The molecule has 86 valence electrons. The standard InChI is InChI=1S/C11H15N3O2/c1-7-2-3-10(13-5-7)14-11(16)9-4-8(15)6-12-9/h2-3,5,8-9,12,15H,4,6H2,1H3,(H,13,14,16). The van der Waals surface area contributed by atoms with E-state index in [0.717, 1.165) is 5.56 Å². The average molecular weight is 221 g/mol. The maximum absolute atomic E-state index is 11.7. The number of hydrogen-bond donors (Lipinski definition) is 3. The van der Waals surface area contributed by atoms with Gasteiger partial charge in [-0.1, -0.05) is 6.07 Å². The second kappa shape index (κ2) is 4.59. The van der Waals surface area contributed by atoms with E-state index in [1.54, 1.807) is 12.3 Å². The van der Waals surface area contributed by atoms with Crippen molar-refractivity contribution >= 4 is 11.7 Å². The van der Waals surface area contributed by atoms with E-state index in [2.05, 4.69) is 15.6 Å². The van der Waals surface area contributed by atoms with Crippen molar-refractivity contribution in [3.8, 4) is 0 Å². The Morgan fingerprint density at radius 3 is 3.00 bits per heavy atom. The maximum atomic E-state index is 11.7. The Balaban J connectivity index is 1.94. The number of aromatic nitrogens is 1. The van der Waals surface area contributed by atoms with Crippen LogP contribution in [0.1, 0.15) is 12.0 Å². The lowest BCUT2D eigenvalue weighted by molar-refractivity contribution is -0.118. The van der Waals surface area contributed by atoms with Crippen molar-refractivity contribution in [2.45, 2.75) is 25.5 Å². The van der Waals surface area contributed by atoms with E-state index in [1.165, 1.54) is 0 Å². The van der Waals surface area contributed by atoms with Crippen LogP contribution in [-0.4, -0.2) is 34.7 Å². The van der Waals surface area contributed by atoms with Crippen LogP contribution in [-0.2, 0) is 4.79 Å². The number of anilines is 1. The molecule has 0 bridgehead atoms. The van der Waals surface area contributed by atoms with Gasteiger partial charge in [-0.3, -0.25) is 4.79 Å². The maximum Gasteiger partial charge on any atom is 0.242 e. The van der Waals surface area contributed by atoms with E-state index in [9.17, 15) is 9.90 Å². The van der Waals surface area contributed by atoms with Gasteiger partial charge in [0, 0.05) is 12.7 Å². The van der Waals surface area contributed by atoms with Crippen molar-refractivity contribution in [1.82, 2.24) is 10.3 Å². The van der Waals surface area contributed by atoms with Crippen molar-refractivity contribution in [3.05, 3.63) is 23.9 Å². The first kappa shape index (κ1) is 11.0. The van der Waals surface area contributed by atoms with Crippen LogP contribution in [0.3, 0.4) is 0 Å². The monoisotopic (exact) mass is 221 g/mol. The first-order chi connectivity index (χ1) is 7.65. The van der Waals surface area contributed by atoms with Crippen LogP contribution in [0, 0.1) is 6.92 Å². The third-order valence-electron chi connectivity index (χ3n) is 2.59. The van der Waals surface area contributed by atoms with E-state index in [1.807, 2.05) is 13.0 Å². The zero-order chi connectivity index (χ0) is 11.5. The van der Waals surface area contributed by atoms with Crippen LogP contribution in [0.5, 0.6) is 0 Å². The summed E-state index contributed by atoms with van der Waals surface area (Å²) in [5.41, 5.74) is 1.05. The summed E-state index contributed by atoms with van der Waals surface area (Å²) >= 11 is 0. The van der Waals surface area contributed by atoms with Crippen molar-refractivity contribution in [2.24, 2.45) is 0 Å². The highest BCUT2D eigenvalue weighted by Gasteiger charge is 2.28. The van der Waals surface area contributed by atoms with Gasteiger partial charge in [0.05, 0.1) is 12.1 Å². The molecule has 0 aliphatic carbocycles. The van der Waals surface area contributed by atoms with Crippen LogP contribution >= 0.6 is 0 Å². The second-order valence-corrected chi connectivity index (χ2v) is 4.06. The lowest BCUT2D eigenvalue weighted by Crippen LogP contribution is -2.35. The van der Waals surface area contributed by atoms with Crippen LogP contribution in [0.4, 0.5) is 5.82 Å². The summed E-state index contributed by atoms with van der Waals surface area (Å²) in [6.45, 7) is 2.41. The summed E-state index contributed by atoms with van der Waals surface area (Å²) in [5, 5.41) is 14.9. The molecule has 0 aromatic carbocycles. The van der Waals surface area contributed by atoms with Gasteiger partial charge >= 0.3 is 0 Å². The summed E-state index contributed by atoms with van der Waals surface area (Å²) < 4.78 is 0. The van der Waals surface area contributed by atoms with Gasteiger partial charge in [-0.05, 0) is 25.0 Å². The molecule has 1 aromatic heterocycles. The number of rotatable bonds is 2. The first-order valence-electron chi connectivity index (χ1n) is 5.30. The fourth-order valence-corrected chi connectivity index (χ4v) is 1.67. The Morgan fingerprint density at radius 1 is 1.62 bits per heavy atom. The average Bonchev–Trinajstić information content (AvgIpc) is 2.68. The van der Waals surface area contributed by atoms with Crippen molar-refractivity contribution < 1.29 is 9.90 Å². The zero-order valence-corrected chi connectivity index (χ0v) is 9.10. The van der Waals surface area contributed by atoms with Crippen LogP contribution in [0.25, 0.3) is 0 Å². The first-order valence-corrected chi connectivity index (χ1v) is 5.30. The number of pyridine rings is 1. The SMILES string of the molecule is Cc1ccc(NC(=O)C2CC(O)CN2)nc1. The number of nitrogens with zero attached hydrogens (tertiary/aromatic N) is 1. The molecule has 5 nitrogen and oxygen atoms in total. The van der Waals surface area contributed by atoms with Gasteiger partial charge < -0.3 is 15.7 Å². The van der Waals surface area contributed by atoms with Gasteiger partial charge in [0.1, 0.15) is 5.82 Å². The molecule has 0 radical (unpaired) electrons. The summed E-state index contributed by atoms with van der Waals surface area (Å²) in [6, 6.07) is 3.33. The predicted octanol–water partition coefficient (Wildman–Crippen LogP) is 0.0513. The fourth-order valence-electron chi connectivity index (χ4n) is 1.67. The molecule has 1 aliphatic rings. The minimum Gasteiger partial charge on any atom is -0.392 e. The molecule has 0 saturated carbocycles.